The SMILES string of the molecule is O=C(CCCn1c(C(F)(F)F)nc2ccccc2c1=O)Nc1ccc2c(c1)OCO2. The van der Waals surface area contributed by atoms with Crippen molar-refractivity contribution in [2.24, 2.45) is 0 Å². The first-order valence-corrected chi connectivity index (χ1v) is 9.09. The molecule has 156 valence electrons. The van der Waals surface area contributed by atoms with E-state index in [1.807, 2.05) is 0 Å². The molecule has 4 rings (SSSR count). The minimum Gasteiger partial charge on any atom is -0.454 e. The Labute approximate surface area is 168 Å². The molecule has 1 amide bonds. The Morgan fingerprint density at radius 3 is 2.70 bits per heavy atom. The van der Waals surface area contributed by atoms with Crippen molar-refractivity contribution in [3.8, 4) is 11.5 Å². The number of rotatable bonds is 5. The first-order valence-electron chi connectivity index (χ1n) is 9.09. The lowest BCUT2D eigenvalue weighted by atomic mass is 10.2. The Morgan fingerprint density at radius 1 is 1.13 bits per heavy atom. The molecular formula is C20H16F3N3O4. The monoisotopic (exact) mass is 419 g/mol. The number of amides is 1. The van der Waals surface area contributed by atoms with Crippen molar-refractivity contribution in [1.82, 2.24) is 9.55 Å². The summed E-state index contributed by atoms with van der Waals surface area (Å²) in [6.45, 7) is -0.192. The molecular weight excluding hydrogens is 403 g/mol. The van der Waals surface area contributed by atoms with Crippen LogP contribution in [0, 0.1) is 0 Å². The molecule has 0 bridgehead atoms. The molecule has 2 aromatic carbocycles. The highest BCUT2D eigenvalue weighted by molar-refractivity contribution is 5.91. The number of nitrogens with one attached hydrogen (secondary N) is 1. The van der Waals surface area contributed by atoms with E-state index in [0.29, 0.717) is 21.8 Å². The van der Waals surface area contributed by atoms with E-state index in [2.05, 4.69) is 10.3 Å². The van der Waals surface area contributed by atoms with Crippen LogP contribution in [0.2, 0.25) is 0 Å². The number of hydrogen-bond acceptors (Lipinski definition) is 5. The molecule has 0 radical (unpaired) electrons. The van der Waals surface area contributed by atoms with E-state index in [1.165, 1.54) is 18.2 Å². The number of fused-ring (bicyclic) bond motifs is 2. The summed E-state index contributed by atoms with van der Waals surface area (Å²) in [7, 11) is 0. The quantitative estimate of drug-likeness (QED) is 0.684. The molecule has 30 heavy (non-hydrogen) atoms. The van der Waals surface area contributed by atoms with Gasteiger partial charge in [-0.15, -0.1) is 0 Å². The van der Waals surface area contributed by atoms with Crippen LogP contribution in [-0.2, 0) is 17.5 Å². The molecule has 10 heteroatoms. The lowest BCUT2D eigenvalue weighted by molar-refractivity contribution is -0.148. The van der Waals surface area contributed by atoms with E-state index in [4.69, 9.17) is 9.47 Å². The summed E-state index contributed by atoms with van der Waals surface area (Å²) >= 11 is 0. The first-order chi connectivity index (χ1) is 14.3. The smallest absolute Gasteiger partial charge is 0.449 e. The van der Waals surface area contributed by atoms with Crippen LogP contribution in [0.15, 0.2) is 47.3 Å². The molecule has 1 N–H and O–H groups in total. The van der Waals surface area contributed by atoms with Gasteiger partial charge >= 0.3 is 6.18 Å². The van der Waals surface area contributed by atoms with Crippen molar-refractivity contribution < 1.29 is 27.4 Å². The predicted molar refractivity (Wildman–Crippen MR) is 101 cm³/mol. The van der Waals surface area contributed by atoms with Gasteiger partial charge in [0, 0.05) is 24.7 Å². The van der Waals surface area contributed by atoms with Gasteiger partial charge in [0.05, 0.1) is 10.9 Å². The highest BCUT2D eigenvalue weighted by atomic mass is 19.4. The molecule has 0 fully saturated rings. The molecule has 0 saturated carbocycles. The van der Waals surface area contributed by atoms with Crippen molar-refractivity contribution in [1.29, 1.82) is 0 Å². The third-order valence-corrected chi connectivity index (χ3v) is 4.56. The number of carbonyl (C=O) groups is 1. The number of aromatic nitrogens is 2. The molecule has 3 aromatic rings. The van der Waals surface area contributed by atoms with Gasteiger partial charge < -0.3 is 14.8 Å². The number of ether oxygens (including phenoxy) is 2. The van der Waals surface area contributed by atoms with Crippen molar-refractivity contribution in [3.63, 3.8) is 0 Å². The second-order valence-electron chi connectivity index (χ2n) is 6.63. The maximum Gasteiger partial charge on any atom is 0.449 e. The summed E-state index contributed by atoms with van der Waals surface area (Å²) in [5.74, 6) is -0.612. The van der Waals surface area contributed by atoms with Crippen LogP contribution in [0.4, 0.5) is 18.9 Å². The zero-order chi connectivity index (χ0) is 21.3. The van der Waals surface area contributed by atoms with Crippen LogP contribution in [-0.4, -0.2) is 22.3 Å². The number of nitrogens with zero attached hydrogens (tertiary/aromatic N) is 2. The van der Waals surface area contributed by atoms with Crippen molar-refractivity contribution in [2.45, 2.75) is 25.6 Å². The van der Waals surface area contributed by atoms with Gasteiger partial charge in [-0.2, -0.15) is 13.2 Å². The normalized spacial score (nSPS) is 12.9. The Morgan fingerprint density at radius 2 is 1.90 bits per heavy atom. The standard InChI is InChI=1S/C20H16F3N3O4/c21-20(22,23)19-25-14-5-2-1-4-13(14)18(28)26(19)9-3-6-17(27)24-12-7-8-15-16(10-12)30-11-29-15/h1-2,4-5,7-8,10H,3,6,9,11H2,(H,24,27). The number of anilines is 1. The molecule has 1 aromatic heterocycles. The summed E-state index contributed by atoms with van der Waals surface area (Å²) < 4.78 is 51.2. The summed E-state index contributed by atoms with van der Waals surface area (Å²) in [6.07, 6.45) is -4.84. The summed E-state index contributed by atoms with van der Waals surface area (Å²) in [4.78, 5) is 28.4. The largest absolute Gasteiger partial charge is 0.454 e. The summed E-state index contributed by atoms with van der Waals surface area (Å²) in [6, 6.07) is 10.7. The molecule has 0 spiro atoms. The fourth-order valence-corrected chi connectivity index (χ4v) is 3.19. The molecule has 1 aliphatic heterocycles. The average molecular weight is 419 g/mol. The second kappa shape index (κ2) is 7.69. The average Bonchev–Trinajstić information content (AvgIpc) is 3.16. The Balaban J connectivity index is 1.47. The molecule has 7 nitrogen and oxygen atoms in total. The minimum atomic E-state index is -4.79. The van der Waals surface area contributed by atoms with Crippen molar-refractivity contribution >= 4 is 22.5 Å². The lowest BCUT2D eigenvalue weighted by Gasteiger charge is -2.15. The topological polar surface area (TPSA) is 82.5 Å². The van der Waals surface area contributed by atoms with Crippen molar-refractivity contribution in [3.05, 3.63) is 58.6 Å². The van der Waals surface area contributed by atoms with E-state index in [0.717, 1.165) is 0 Å². The molecule has 2 heterocycles. The minimum absolute atomic E-state index is 0.0216. The zero-order valence-corrected chi connectivity index (χ0v) is 15.5. The van der Waals surface area contributed by atoms with Crippen LogP contribution in [0.25, 0.3) is 10.9 Å². The highest BCUT2D eigenvalue weighted by Crippen LogP contribution is 2.34. The van der Waals surface area contributed by atoms with E-state index in [-0.39, 0.29) is 37.1 Å². The number of carbonyl (C=O) groups excluding carboxylic acids is 1. The lowest BCUT2D eigenvalue weighted by Crippen LogP contribution is -2.30. The number of benzene rings is 2. The Hall–Kier alpha value is -3.56. The summed E-state index contributed by atoms with van der Waals surface area (Å²) in [5, 5.41) is 2.74. The number of para-hydroxylation sites is 1. The van der Waals surface area contributed by atoms with E-state index >= 15 is 0 Å². The van der Waals surface area contributed by atoms with Gasteiger partial charge in [-0.3, -0.25) is 14.2 Å². The number of hydrogen-bond donors (Lipinski definition) is 1. The van der Waals surface area contributed by atoms with E-state index in [1.54, 1.807) is 24.3 Å². The van der Waals surface area contributed by atoms with E-state index < -0.39 is 23.5 Å². The van der Waals surface area contributed by atoms with Crippen LogP contribution >= 0.6 is 0 Å². The molecule has 0 aliphatic carbocycles. The second-order valence-corrected chi connectivity index (χ2v) is 6.63. The van der Waals surface area contributed by atoms with Crippen LogP contribution in [0.5, 0.6) is 11.5 Å². The van der Waals surface area contributed by atoms with Crippen LogP contribution in [0.3, 0.4) is 0 Å². The predicted octanol–water partition coefficient (Wildman–Crippen LogP) is 3.56. The van der Waals surface area contributed by atoms with Gasteiger partial charge in [0.1, 0.15) is 0 Å². The molecule has 0 unspecified atom stereocenters. The zero-order valence-electron chi connectivity index (χ0n) is 15.5. The van der Waals surface area contributed by atoms with Gasteiger partial charge in [0.2, 0.25) is 18.5 Å². The highest BCUT2D eigenvalue weighted by Gasteiger charge is 2.37. The molecule has 0 saturated heterocycles. The maximum absolute atomic E-state index is 13.4. The first kappa shape index (κ1) is 19.7. The van der Waals surface area contributed by atoms with Crippen LogP contribution in [0.1, 0.15) is 18.7 Å². The fraction of sp³-hybridized carbons (Fsp3) is 0.250. The van der Waals surface area contributed by atoms with Crippen molar-refractivity contribution in [2.75, 3.05) is 12.1 Å². The third kappa shape index (κ3) is 3.93. The maximum atomic E-state index is 13.4. The summed E-state index contributed by atoms with van der Waals surface area (Å²) in [5.41, 5.74) is -0.333. The van der Waals surface area contributed by atoms with Gasteiger partial charge in [0.25, 0.3) is 5.56 Å². The van der Waals surface area contributed by atoms with E-state index in [9.17, 15) is 22.8 Å². The van der Waals surface area contributed by atoms with Crippen LogP contribution < -0.4 is 20.3 Å². The van der Waals surface area contributed by atoms with Gasteiger partial charge in [-0.25, -0.2) is 4.98 Å². The third-order valence-electron chi connectivity index (χ3n) is 4.56. The number of halogens is 3. The Kier molecular flexibility index (Phi) is 5.06. The van der Waals surface area contributed by atoms with Gasteiger partial charge in [-0.1, -0.05) is 12.1 Å². The number of alkyl halides is 3. The van der Waals surface area contributed by atoms with Gasteiger partial charge in [-0.05, 0) is 30.7 Å². The fourth-order valence-electron chi connectivity index (χ4n) is 3.19. The Bertz CT molecular complexity index is 1170. The molecule has 1 aliphatic rings. The molecule has 0 atom stereocenters. The van der Waals surface area contributed by atoms with Gasteiger partial charge in [0.15, 0.2) is 11.5 Å².